The first-order chi connectivity index (χ1) is 2.41. The van der Waals surface area contributed by atoms with E-state index in [4.69, 9.17) is 5.31 Å². The van der Waals surface area contributed by atoms with E-state index in [2.05, 4.69) is 11.2 Å². The van der Waals surface area contributed by atoms with E-state index in [1.807, 2.05) is 0 Å². The number of nitrogens with one attached hydrogen (secondary N) is 1. The summed E-state index contributed by atoms with van der Waals surface area (Å²) >= 11 is 0. The van der Waals surface area contributed by atoms with Gasteiger partial charge in [0.2, 0.25) is 0 Å². The molecule has 0 heterocycles. The number of hydrogen-bond acceptors (Lipinski definition) is 2. The second-order valence-electron chi connectivity index (χ2n) is 0.421. The van der Waals surface area contributed by atoms with Gasteiger partial charge in [-0.1, -0.05) is 0 Å². The molecule has 0 saturated heterocycles. The zero-order chi connectivity index (χ0) is 4.12. The summed E-state index contributed by atoms with van der Waals surface area (Å²) in [4.78, 5) is 0. The molecule has 0 aliphatic heterocycles. The van der Waals surface area contributed by atoms with Crippen LogP contribution in [0, 0.1) is 5.31 Å². The molecular weight excluding hydrogens is 64.8 g/mol. The van der Waals surface area contributed by atoms with Crippen LogP contribution in [0.4, 0.5) is 0 Å². The summed E-state index contributed by atoms with van der Waals surface area (Å²) in [5.41, 5.74) is 0. The van der Waals surface area contributed by atoms with Crippen LogP contribution in [0.25, 0.3) is 0 Å². The first kappa shape index (κ1) is 4.40. The van der Waals surface area contributed by atoms with Gasteiger partial charge in [-0.05, 0) is 0 Å². The van der Waals surface area contributed by atoms with Crippen LogP contribution in [0.2, 0.25) is 0 Å². The van der Waals surface area contributed by atoms with E-state index < -0.39 is 0 Å². The second-order valence-corrected chi connectivity index (χ2v) is 0.421. The first-order valence-corrected chi connectivity index (χ1v) is 1.17. The molecule has 0 saturated carbocycles. The minimum absolute atomic E-state index is 0.812. The van der Waals surface area contributed by atoms with Crippen LogP contribution in [-0.2, 0) is 4.65 Å². The Kier molecular flexibility index (Phi) is 3.00. The van der Waals surface area contributed by atoms with E-state index in [-0.39, 0.29) is 0 Å². The quantitative estimate of drug-likeness (QED) is 0.372. The summed E-state index contributed by atoms with van der Waals surface area (Å²) in [6.07, 6.45) is 1.19. The van der Waals surface area contributed by atoms with Crippen molar-refractivity contribution in [3.8, 4) is 0 Å². The monoisotopic (exact) mass is 69.0 g/mol. The van der Waals surface area contributed by atoms with Crippen molar-refractivity contribution in [3.63, 3.8) is 0 Å². The van der Waals surface area contributed by atoms with Crippen LogP contribution in [0.3, 0.4) is 0 Å². The average molecular weight is 68.9 g/mol. The molecule has 5 heavy (non-hydrogen) atoms. The van der Waals surface area contributed by atoms with Gasteiger partial charge in [0.25, 0.3) is 0 Å². The Morgan fingerprint density at radius 2 is 2.60 bits per heavy atom. The molecule has 2 nitrogen and oxygen atoms in total. The Balaban J connectivity index is 2.65. The zero-order valence-corrected chi connectivity index (χ0v) is 2.77. The van der Waals surface area contributed by atoms with Gasteiger partial charge in [-0.2, -0.15) is 0 Å². The summed E-state index contributed by atoms with van der Waals surface area (Å²) in [6.45, 7) is 3.18. The molecular formula is C2H4BNO. The van der Waals surface area contributed by atoms with E-state index in [1.54, 1.807) is 0 Å². The Labute approximate surface area is 31.2 Å². The summed E-state index contributed by atoms with van der Waals surface area (Å²) in [5.74, 6) is 0. The predicted molar refractivity (Wildman–Crippen MR) is 19.8 cm³/mol. The van der Waals surface area contributed by atoms with Gasteiger partial charge in [0.1, 0.15) is 0 Å². The summed E-state index contributed by atoms with van der Waals surface area (Å²) in [5, 5.41) is 6.18. The van der Waals surface area contributed by atoms with Gasteiger partial charge in [-0.15, -0.1) is 0 Å². The number of rotatable bonds is 2. The normalized spacial score (nSPS) is 4.80. The summed E-state index contributed by atoms with van der Waals surface area (Å²) in [6, 6.07) is 0. The SMILES string of the molecule is C=COB=N. The van der Waals surface area contributed by atoms with Crippen molar-refractivity contribution in [1.82, 2.24) is 0 Å². The molecule has 0 aromatic carbocycles. The van der Waals surface area contributed by atoms with Crippen molar-refractivity contribution in [2.75, 3.05) is 0 Å². The van der Waals surface area contributed by atoms with Crippen LogP contribution in [0.15, 0.2) is 12.8 Å². The molecule has 0 radical (unpaired) electrons. The molecule has 0 bridgehead atoms. The summed E-state index contributed by atoms with van der Waals surface area (Å²) in [7, 11) is 0.812. The van der Waals surface area contributed by atoms with Gasteiger partial charge < -0.3 is 0 Å². The van der Waals surface area contributed by atoms with Crippen LogP contribution in [0.1, 0.15) is 0 Å². The number of hydrogen-bond donors (Lipinski definition) is 1. The van der Waals surface area contributed by atoms with Crippen LogP contribution in [-0.4, -0.2) is 7.27 Å². The molecule has 0 unspecified atom stereocenters. The van der Waals surface area contributed by atoms with Gasteiger partial charge in [0.15, 0.2) is 0 Å². The third-order valence-electron chi connectivity index (χ3n) is 0.164. The minimum atomic E-state index is 0.812. The molecule has 0 fully saturated rings. The standard InChI is InChI=1S/C2H4BNO/c1-2-5-3-4/h2,4H,1H2. The Morgan fingerprint density at radius 3 is 2.60 bits per heavy atom. The van der Waals surface area contributed by atoms with E-state index in [9.17, 15) is 0 Å². The van der Waals surface area contributed by atoms with E-state index in [0.29, 0.717) is 0 Å². The Morgan fingerprint density at radius 1 is 2.00 bits per heavy atom. The first-order valence-electron chi connectivity index (χ1n) is 1.17. The maximum atomic E-state index is 6.18. The van der Waals surface area contributed by atoms with Gasteiger partial charge >= 0.3 is 30.1 Å². The van der Waals surface area contributed by atoms with E-state index in [1.165, 1.54) is 6.26 Å². The van der Waals surface area contributed by atoms with Crippen molar-refractivity contribution in [2.45, 2.75) is 0 Å². The predicted octanol–water partition coefficient (Wildman–Crippen LogP) is 0.528. The van der Waals surface area contributed by atoms with Crippen molar-refractivity contribution < 1.29 is 4.65 Å². The molecule has 0 amide bonds. The van der Waals surface area contributed by atoms with Gasteiger partial charge in [-0.25, -0.2) is 0 Å². The molecule has 0 spiro atoms. The molecule has 0 aliphatic carbocycles. The Bertz CT molecular complexity index is 38.9. The molecule has 0 atom stereocenters. The fourth-order valence-electron chi connectivity index (χ4n) is 0.0481. The third-order valence-corrected chi connectivity index (χ3v) is 0.164. The third kappa shape index (κ3) is 3.40. The van der Waals surface area contributed by atoms with E-state index in [0.717, 1.165) is 7.27 Å². The fraction of sp³-hybridized carbons (Fsp3) is 0. The fourth-order valence-corrected chi connectivity index (χ4v) is 0.0481. The second kappa shape index (κ2) is 3.40. The molecule has 0 rings (SSSR count). The maximum absolute atomic E-state index is 6.18. The van der Waals surface area contributed by atoms with Gasteiger partial charge in [0, 0.05) is 0 Å². The molecule has 0 aromatic heterocycles. The van der Waals surface area contributed by atoms with Crippen LogP contribution >= 0.6 is 0 Å². The van der Waals surface area contributed by atoms with Gasteiger partial charge in [-0.3, -0.25) is 0 Å². The summed E-state index contributed by atoms with van der Waals surface area (Å²) < 4.78 is 4.14. The van der Waals surface area contributed by atoms with Crippen molar-refractivity contribution in [1.29, 1.82) is 5.31 Å². The van der Waals surface area contributed by atoms with Crippen LogP contribution < -0.4 is 0 Å². The molecule has 1 N–H and O–H groups in total. The zero-order valence-electron chi connectivity index (χ0n) is 2.77. The van der Waals surface area contributed by atoms with Crippen molar-refractivity contribution in [3.05, 3.63) is 12.8 Å². The molecule has 0 aromatic rings. The molecule has 0 aliphatic rings. The van der Waals surface area contributed by atoms with Crippen molar-refractivity contribution >= 4 is 7.27 Å². The molecule has 3 heteroatoms. The molecule has 26 valence electrons. The van der Waals surface area contributed by atoms with Gasteiger partial charge in [0.05, 0.1) is 0 Å². The Hall–Kier alpha value is -0.595. The van der Waals surface area contributed by atoms with E-state index >= 15 is 0 Å². The van der Waals surface area contributed by atoms with Crippen LogP contribution in [0.5, 0.6) is 0 Å². The van der Waals surface area contributed by atoms with Crippen molar-refractivity contribution in [2.24, 2.45) is 0 Å². The average Bonchev–Trinajstić information content (AvgIpc) is 1.41. The topological polar surface area (TPSA) is 33.1 Å².